The number of benzene rings is 1. The third-order valence-electron chi connectivity index (χ3n) is 2.18. The Labute approximate surface area is 78.8 Å². The second kappa shape index (κ2) is 5.00. The lowest BCUT2D eigenvalue weighted by Crippen LogP contribution is -2.00. The van der Waals surface area contributed by atoms with Crippen molar-refractivity contribution >= 4 is 0 Å². The van der Waals surface area contributed by atoms with E-state index in [1.54, 1.807) is 0 Å². The van der Waals surface area contributed by atoms with Gasteiger partial charge < -0.3 is 10.2 Å². The van der Waals surface area contributed by atoms with Crippen molar-refractivity contribution in [2.24, 2.45) is 0 Å². The zero-order valence-corrected chi connectivity index (χ0v) is 7.90. The molecule has 0 spiro atoms. The Morgan fingerprint density at radius 3 is 2.62 bits per heavy atom. The van der Waals surface area contributed by atoms with Gasteiger partial charge >= 0.3 is 0 Å². The fraction of sp³-hybridized carbons (Fsp3) is 0.455. The zero-order chi connectivity index (χ0) is 9.68. The van der Waals surface area contributed by atoms with E-state index < -0.39 is 6.10 Å². The van der Waals surface area contributed by atoms with Crippen LogP contribution in [0.5, 0.6) is 0 Å². The second-order valence-electron chi connectivity index (χ2n) is 3.24. The van der Waals surface area contributed by atoms with Crippen molar-refractivity contribution in [3.05, 3.63) is 35.4 Å². The summed E-state index contributed by atoms with van der Waals surface area (Å²) in [4.78, 5) is 0. The molecule has 0 fully saturated rings. The number of aliphatic hydroxyl groups excluding tert-OH is 2. The molecule has 13 heavy (non-hydrogen) atoms. The molecule has 1 rings (SSSR count). The van der Waals surface area contributed by atoms with E-state index in [4.69, 9.17) is 5.11 Å². The van der Waals surface area contributed by atoms with Gasteiger partial charge in [0.1, 0.15) is 0 Å². The standard InChI is InChI=1S/C11H16O2/c1-9-5-2-3-6-10(9)11(13)7-4-8-12/h2-3,5-6,11-13H,4,7-8H2,1H3. The monoisotopic (exact) mass is 180 g/mol. The van der Waals surface area contributed by atoms with E-state index in [0.29, 0.717) is 12.8 Å². The van der Waals surface area contributed by atoms with Crippen LogP contribution in [0.2, 0.25) is 0 Å². The van der Waals surface area contributed by atoms with Gasteiger partial charge in [0.15, 0.2) is 0 Å². The van der Waals surface area contributed by atoms with Gasteiger partial charge in [-0.3, -0.25) is 0 Å². The highest BCUT2D eigenvalue weighted by Crippen LogP contribution is 2.20. The lowest BCUT2D eigenvalue weighted by Gasteiger charge is -2.12. The third-order valence-corrected chi connectivity index (χ3v) is 2.18. The minimum Gasteiger partial charge on any atom is -0.396 e. The zero-order valence-electron chi connectivity index (χ0n) is 7.90. The molecule has 2 nitrogen and oxygen atoms in total. The first-order valence-electron chi connectivity index (χ1n) is 4.60. The van der Waals surface area contributed by atoms with E-state index >= 15 is 0 Å². The first-order chi connectivity index (χ1) is 6.25. The first kappa shape index (κ1) is 10.2. The average molecular weight is 180 g/mol. The lowest BCUT2D eigenvalue weighted by atomic mass is 10.0. The van der Waals surface area contributed by atoms with Gasteiger partial charge in [-0.2, -0.15) is 0 Å². The Bertz CT molecular complexity index is 258. The number of hydrogen-bond acceptors (Lipinski definition) is 2. The normalized spacial score (nSPS) is 12.8. The number of rotatable bonds is 4. The second-order valence-corrected chi connectivity index (χ2v) is 3.24. The van der Waals surface area contributed by atoms with Crippen LogP contribution in [0.3, 0.4) is 0 Å². The fourth-order valence-electron chi connectivity index (χ4n) is 1.40. The molecule has 0 aliphatic carbocycles. The summed E-state index contributed by atoms with van der Waals surface area (Å²) in [6.07, 6.45) is 0.838. The van der Waals surface area contributed by atoms with Crippen LogP contribution >= 0.6 is 0 Å². The Morgan fingerprint density at radius 2 is 2.00 bits per heavy atom. The van der Waals surface area contributed by atoms with Crippen molar-refractivity contribution < 1.29 is 10.2 Å². The maximum absolute atomic E-state index is 9.72. The summed E-state index contributed by atoms with van der Waals surface area (Å²) >= 11 is 0. The van der Waals surface area contributed by atoms with Crippen molar-refractivity contribution in [3.63, 3.8) is 0 Å². The molecule has 0 saturated carbocycles. The van der Waals surface area contributed by atoms with Crippen molar-refractivity contribution in [1.29, 1.82) is 0 Å². The van der Waals surface area contributed by atoms with Crippen molar-refractivity contribution in [2.75, 3.05) is 6.61 Å². The molecule has 72 valence electrons. The van der Waals surface area contributed by atoms with Crippen molar-refractivity contribution in [1.82, 2.24) is 0 Å². The Hall–Kier alpha value is -0.860. The molecular weight excluding hydrogens is 164 g/mol. The Morgan fingerprint density at radius 1 is 1.31 bits per heavy atom. The maximum atomic E-state index is 9.72. The molecule has 1 aromatic rings. The highest BCUT2D eigenvalue weighted by molar-refractivity contribution is 5.27. The van der Waals surface area contributed by atoms with E-state index in [2.05, 4.69) is 0 Å². The average Bonchev–Trinajstić information content (AvgIpc) is 2.15. The molecule has 1 atom stereocenters. The third kappa shape index (κ3) is 2.83. The molecule has 2 N–H and O–H groups in total. The van der Waals surface area contributed by atoms with Gasteiger partial charge in [-0.15, -0.1) is 0 Å². The summed E-state index contributed by atoms with van der Waals surface area (Å²) in [7, 11) is 0. The topological polar surface area (TPSA) is 40.5 Å². The van der Waals surface area contributed by atoms with E-state index in [1.165, 1.54) is 0 Å². The summed E-state index contributed by atoms with van der Waals surface area (Å²) in [5, 5.41) is 18.3. The first-order valence-corrected chi connectivity index (χ1v) is 4.60. The molecule has 0 saturated heterocycles. The Balaban J connectivity index is 2.65. The van der Waals surface area contributed by atoms with E-state index in [1.807, 2.05) is 31.2 Å². The molecule has 0 aliphatic rings. The van der Waals surface area contributed by atoms with E-state index in [9.17, 15) is 5.11 Å². The van der Waals surface area contributed by atoms with Crippen LogP contribution in [0.15, 0.2) is 24.3 Å². The minimum absolute atomic E-state index is 0.142. The fourth-order valence-corrected chi connectivity index (χ4v) is 1.40. The summed E-state index contributed by atoms with van der Waals surface area (Å²) in [5.41, 5.74) is 2.07. The van der Waals surface area contributed by atoms with Crippen LogP contribution in [-0.2, 0) is 0 Å². The van der Waals surface area contributed by atoms with Gasteiger partial charge in [-0.1, -0.05) is 24.3 Å². The summed E-state index contributed by atoms with van der Waals surface area (Å²) in [6.45, 7) is 2.13. The van der Waals surface area contributed by atoms with Crippen LogP contribution in [0.25, 0.3) is 0 Å². The highest BCUT2D eigenvalue weighted by atomic mass is 16.3. The molecule has 0 radical (unpaired) electrons. The molecule has 1 aromatic carbocycles. The largest absolute Gasteiger partial charge is 0.396 e. The molecule has 0 aliphatic heterocycles. The lowest BCUT2D eigenvalue weighted by molar-refractivity contribution is 0.151. The summed E-state index contributed by atoms with van der Waals surface area (Å²) in [5.74, 6) is 0. The van der Waals surface area contributed by atoms with Gasteiger partial charge in [0.05, 0.1) is 6.10 Å². The summed E-state index contributed by atoms with van der Waals surface area (Å²) < 4.78 is 0. The van der Waals surface area contributed by atoms with Crippen LogP contribution in [0.4, 0.5) is 0 Å². The number of aliphatic hydroxyl groups is 2. The predicted molar refractivity (Wildman–Crippen MR) is 52.5 cm³/mol. The van der Waals surface area contributed by atoms with E-state index in [-0.39, 0.29) is 6.61 Å². The molecule has 0 heterocycles. The van der Waals surface area contributed by atoms with Gasteiger partial charge in [-0.05, 0) is 30.9 Å². The predicted octanol–water partition coefficient (Wildman–Crippen LogP) is 1.80. The number of aryl methyl sites for hydroxylation is 1. The van der Waals surface area contributed by atoms with Crippen LogP contribution in [-0.4, -0.2) is 16.8 Å². The van der Waals surface area contributed by atoms with Gasteiger partial charge in [0, 0.05) is 6.61 Å². The van der Waals surface area contributed by atoms with Gasteiger partial charge in [0.2, 0.25) is 0 Å². The molecule has 0 amide bonds. The van der Waals surface area contributed by atoms with Crippen LogP contribution < -0.4 is 0 Å². The smallest absolute Gasteiger partial charge is 0.0793 e. The number of hydrogen-bond donors (Lipinski definition) is 2. The molecule has 0 bridgehead atoms. The van der Waals surface area contributed by atoms with Crippen LogP contribution in [0.1, 0.15) is 30.1 Å². The molecule has 0 aromatic heterocycles. The highest BCUT2D eigenvalue weighted by Gasteiger charge is 2.08. The van der Waals surface area contributed by atoms with Crippen molar-refractivity contribution in [2.45, 2.75) is 25.9 Å². The van der Waals surface area contributed by atoms with Crippen LogP contribution in [0, 0.1) is 6.92 Å². The molecule has 1 unspecified atom stereocenters. The van der Waals surface area contributed by atoms with Gasteiger partial charge in [-0.25, -0.2) is 0 Å². The maximum Gasteiger partial charge on any atom is 0.0793 e. The van der Waals surface area contributed by atoms with Gasteiger partial charge in [0.25, 0.3) is 0 Å². The quantitative estimate of drug-likeness (QED) is 0.741. The minimum atomic E-state index is -0.437. The SMILES string of the molecule is Cc1ccccc1C(O)CCCO. The van der Waals surface area contributed by atoms with E-state index in [0.717, 1.165) is 11.1 Å². The molecule has 2 heteroatoms. The Kier molecular flexibility index (Phi) is 3.93. The molecular formula is C11H16O2. The van der Waals surface area contributed by atoms with Crippen molar-refractivity contribution in [3.8, 4) is 0 Å². The summed E-state index contributed by atoms with van der Waals surface area (Å²) in [6, 6.07) is 7.79.